The van der Waals surface area contributed by atoms with E-state index in [0.717, 1.165) is 28.8 Å². The molecule has 1 aliphatic rings. The molecule has 1 aliphatic heterocycles. The number of para-hydroxylation sites is 1. The van der Waals surface area contributed by atoms with Crippen molar-refractivity contribution in [1.29, 1.82) is 0 Å². The van der Waals surface area contributed by atoms with E-state index in [2.05, 4.69) is 32.8 Å². The number of rotatable bonds is 3. The number of hydrogen-bond acceptors (Lipinski definition) is 3. The Morgan fingerprint density at radius 1 is 1.50 bits per heavy atom. The molecule has 0 spiro atoms. The molecule has 1 unspecified atom stereocenters. The van der Waals surface area contributed by atoms with Gasteiger partial charge in [0, 0.05) is 22.7 Å². The third-order valence-electron chi connectivity index (χ3n) is 2.82. The van der Waals surface area contributed by atoms with Crippen LogP contribution in [0.15, 0.2) is 24.3 Å². The van der Waals surface area contributed by atoms with Crippen LogP contribution in [0.5, 0.6) is 0 Å². The van der Waals surface area contributed by atoms with Crippen molar-refractivity contribution in [1.82, 2.24) is 4.90 Å². The Morgan fingerprint density at radius 3 is 2.83 bits per heavy atom. The van der Waals surface area contributed by atoms with Crippen LogP contribution in [0.25, 0.3) is 0 Å². The van der Waals surface area contributed by atoms with Crippen molar-refractivity contribution in [3.63, 3.8) is 0 Å². The molecule has 0 radical (unpaired) electrons. The van der Waals surface area contributed by atoms with Crippen LogP contribution in [0.1, 0.15) is 6.42 Å². The molecule has 1 saturated heterocycles. The highest BCUT2D eigenvalue weighted by molar-refractivity contribution is 14.1. The lowest BCUT2D eigenvalue weighted by molar-refractivity contribution is -0.117. The van der Waals surface area contributed by atoms with Crippen molar-refractivity contribution < 1.29 is 4.79 Å². The molecule has 1 aromatic carbocycles. The molecule has 3 N–H and O–H groups in total. The molecule has 0 aliphatic carbocycles. The van der Waals surface area contributed by atoms with E-state index in [1.54, 1.807) is 0 Å². The summed E-state index contributed by atoms with van der Waals surface area (Å²) in [5, 5.41) is 2.92. The maximum atomic E-state index is 11.8. The van der Waals surface area contributed by atoms with Crippen LogP contribution in [0, 0.1) is 3.57 Å². The van der Waals surface area contributed by atoms with E-state index in [1.807, 2.05) is 24.3 Å². The van der Waals surface area contributed by atoms with E-state index < -0.39 is 0 Å². The number of likely N-dealkylation sites (tertiary alicyclic amines) is 1. The van der Waals surface area contributed by atoms with Gasteiger partial charge in [-0.3, -0.25) is 9.69 Å². The number of nitrogens with two attached hydrogens (primary N) is 1. The van der Waals surface area contributed by atoms with Crippen LogP contribution in [0.2, 0.25) is 0 Å². The van der Waals surface area contributed by atoms with Crippen molar-refractivity contribution >= 4 is 46.6 Å². The quantitative estimate of drug-likeness (QED) is 0.783. The van der Waals surface area contributed by atoms with Gasteiger partial charge in [-0.25, -0.2) is 0 Å². The molecule has 1 aromatic rings. The van der Waals surface area contributed by atoms with E-state index in [9.17, 15) is 4.79 Å². The number of halogens is 2. The van der Waals surface area contributed by atoms with E-state index in [0.29, 0.717) is 6.54 Å². The van der Waals surface area contributed by atoms with Gasteiger partial charge in [-0.1, -0.05) is 12.1 Å². The summed E-state index contributed by atoms with van der Waals surface area (Å²) in [6, 6.07) is 7.98. The molecule has 1 atom stereocenters. The van der Waals surface area contributed by atoms with Crippen LogP contribution in [-0.2, 0) is 4.79 Å². The van der Waals surface area contributed by atoms with Crippen LogP contribution < -0.4 is 11.1 Å². The second-order valence-corrected chi connectivity index (χ2v) is 5.47. The second kappa shape index (κ2) is 7.28. The molecule has 4 nitrogen and oxygen atoms in total. The van der Waals surface area contributed by atoms with Gasteiger partial charge in [-0.15, -0.1) is 12.4 Å². The average Bonchev–Trinajstić information content (AvgIpc) is 2.67. The van der Waals surface area contributed by atoms with Crippen LogP contribution in [0.4, 0.5) is 5.69 Å². The Labute approximate surface area is 127 Å². The lowest BCUT2D eigenvalue weighted by Gasteiger charge is -2.15. The number of carbonyl (C=O) groups is 1. The lowest BCUT2D eigenvalue weighted by atomic mass is 10.3. The molecule has 6 heteroatoms. The van der Waals surface area contributed by atoms with Crippen LogP contribution >= 0.6 is 35.0 Å². The summed E-state index contributed by atoms with van der Waals surface area (Å²) in [6.45, 7) is 2.17. The highest BCUT2D eigenvalue weighted by atomic mass is 127. The van der Waals surface area contributed by atoms with Crippen molar-refractivity contribution in [2.75, 3.05) is 25.0 Å². The topological polar surface area (TPSA) is 58.4 Å². The number of anilines is 1. The maximum Gasteiger partial charge on any atom is 0.238 e. The van der Waals surface area contributed by atoms with Crippen LogP contribution in [0.3, 0.4) is 0 Å². The first-order valence-corrected chi connectivity index (χ1v) is 6.75. The van der Waals surface area contributed by atoms with Gasteiger partial charge >= 0.3 is 0 Å². The van der Waals surface area contributed by atoms with E-state index in [1.165, 1.54) is 0 Å². The van der Waals surface area contributed by atoms with Crippen molar-refractivity contribution in [2.24, 2.45) is 5.73 Å². The first kappa shape index (κ1) is 15.7. The smallest absolute Gasteiger partial charge is 0.238 e. The predicted molar refractivity (Wildman–Crippen MR) is 84.1 cm³/mol. The minimum absolute atomic E-state index is 0. The molecule has 2 rings (SSSR count). The van der Waals surface area contributed by atoms with Crippen molar-refractivity contribution in [2.45, 2.75) is 12.5 Å². The fourth-order valence-corrected chi connectivity index (χ4v) is 2.48. The third kappa shape index (κ3) is 4.38. The summed E-state index contributed by atoms with van der Waals surface area (Å²) in [5.74, 6) is 0.0308. The summed E-state index contributed by atoms with van der Waals surface area (Å²) < 4.78 is 1.05. The summed E-state index contributed by atoms with van der Waals surface area (Å²) >= 11 is 2.21. The van der Waals surface area contributed by atoms with Crippen molar-refractivity contribution in [3.05, 3.63) is 27.8 Å². The average molecular weight is 382 g/mol. The molecular formula is C12H17ClIN3O. The Balaban J connectivity index is 0.00000162. The minimum atomic E-state index is 0. The number of nitrogens with one attached hydrogen (secondary N) is 1. The van der Waals surface area contributed by atoms with Gasteiger partial charge in [0.15, 0.2) is 0 Å². The SMILES string of the molecule is Cl.NC1CCN(CC(=O)Nc2ccccc2I)C1. The number of benzene rings is 1. The second-order valence-electron chi connectivity index (χ2n) is 4.31. The van der Waals surface area contributed by atoms with E-state index >= 15 is 0 Å². The van der Waals surface area contributed by atoms with Gasteiger partial charge in [-0.2, -0.15) is 0 Å². The first-order chi connectivity index (χ1) is 8.15. The van der Waals surface area contributed by atoms with Gasteiger partial charge < -0.3 is 11.1 Å². The number of nitrogens with zero attached hydrogens (tertiary/aromatic N) is 1. The molecule has 0 saturated carbocycles. The molecule has 18 heavy (non-hydrogen) atoms. The largest absolute Gasteiger partial charge is 0.326 e. The summed E-state index contributed by atoms with van der Waals surface area (Å²) in [6.07, 6.45) is 0.982. The highest BCUT2D eigenvalue weighted by Gasteiger charge is 2.21. The molecular weight excluding hydrogens is 365 g/mol. The molecule has 0 bridgehead atoms. The molecule has 1 fully saturated rings. The van der Waals surface area contributed by atoms with Gasteiger partial charge in [0.2, 0.25) is 5.91 Å². The fraction of sp³-hybridized carbons (Fsp3) is 0.417. The summed E-state index contributed by atoms with van der Waals surface area (Å²) in [7, 11) is 0. The van der Waals surface area contributed by atoms with Crippen LogP contribution in [-0.4, -0.2) is 36.5 Å². The summed E-state index contributed by atoms with van der Waals surface area (Å²) in [4.78, 5) is 13.9. The number of amides is 1. The molecule has 0 aromatic heterocycles. The number of hydrogen-bond donors (Lipinski definition) is 2. The molecule has 1 amide bonds. The predicted octanol–water partition coefficient (Wildman–Crippen LogP) is 1.68. The molecule has 1 heterocycles. The number of carbonyl (C=O) groups excluding carboxylic acids is 1. The first-order valence-electron chi connectivity index (χ1n) is 5.67. The normalized spacial score (nSPS) is 19.3. The standard InChI is InChI=1S/C12H16IN3O.ClH/c13-10-3-1-2-4-11(10)15-12(17)8-16-6-5-9(14)7-16;/h1-4,9H,5-8,14H2,(H,15,17);1H. The molecule has 100 valence electrons. The van der Waals surface area contributed by atoms with E-state index in [4.69, 9.17) is 5.73 Å². The Hall–Kier alpha value is -0.370. The Kier molecular flexibility index (Phi) is 6.34. The monoisotopic (exact) mass is 381 g/mol. The zero-order valence-corrected chi connectivity index (χ0v) is 12.9. The van der Waals surface area contributed by atoms with Gasteiger partial charge in [0.1, 0.15) is 0 Å². The van der Waals surface area contributed by atoms with E-state index in [-0.39, 0.29) is 24.4 Å². The lowest BCUT2D eigenvalue weighted by Crippen LogP contribution is -2.33. The minimum Gasteiger partial charge on any atom is -0.326 e. The third-order valence-corrected chi connectivity index (χ3v) is 3.76. The summed E-state index contributed by atoms with van der Waals surface area (Å²) in [5.41, 5.74) is 6.68. The maximum absolute atomic E-state index is 11.8. The highest BCUT2D eigenvalue weighted by Crippen LogP contribution is 2.17. The van der Waals surface area contributed by atoms with Gasteiger partial charge in [-0.05, 0) is 41.1 Å². The van der Waals surface area contributed by atoms with Gasteiger partial charge in [0.05, 0.1) is 12.2 Å². The van der Waals surface area contributed by atoms with Crippen molar-refractivity contribution in [3.8, 4) is 0 Å². The fourth-order valence-electron chi connectivity index (χ4n) is 1.96. The zero-order valence-electron chi connectivity index (χ0n) is 9.93. The van der Waals surface area contributed by atoms with Gasteiger partial charge in [0.25, 0.3) is 0 Å². The Morgan fingerprint density at radius 2 is 2.22 bits per heavy atom. The Bertz CT molecular complexity index is 416. The zero-order chi connectivity index (χ0) is 12.3.